The van der Waals surface area contributed by atoms with E-state index in [0.717, 1.165) is 32.3 Å². The average molecular weight is 236 g/mol. The third kappa shape index (κ3) is 4.49. The van der Waals surface area contributed by atoms with Gasteiger partial charge < -0.3 is 4.74 Å². The van der Waals surface area contributed by atoms with Gasteiger partial charge in [-0.05, 0) is 32.1 Å². The largest absolute Gasteiger partial charge is 0.378 e. The van der Waals surface area contributed by atoms with Crippen molar-refractivity contribution >= 4 is 10.1 Å². The normalized spacial score (nSPS) is 27.9. The molecule has 0 atom stereocenters. The predicted molar refractivity (Wildman–Crippen MR) is 58.5 cm³/mol. The molecule has 0 amide bonds. The standard InChI is InChI=1S/C10H20O4S/c1-2-3-8-14-9-4-6-10(7-5-9)15(11,12)13/h9-10H,2-8H2,1H3,(H,11,12,13). The molecule has 1 N–H and O–H groups in total. The van der Waals surface area contributed by atoms with E-state index in [1.54, 1.807) is 0 Å². The molecule has 0 aliphatic heterocycles. The van der Waals surface area contributed by atoms with E-state index >= 15 is 0 Å². The molecule has 0 heterocycles. The fraction of sp³-hybridized carbons (Fsp3) is 1.00. The maximum absolute atomic E-state index is 10.9. The van der Waals surface area contributed by atoms with Gasteiger partial charge in [0.2, 0.25) is 0 Å². The lowest BCUT2D eigenvalue weighted by molar-refractivity contribution is 0.0272. The van der Waals surface area contributed by atoms with E-state index in [9.17, 15) is 8.42 Å². The van der Waals surface area contributed by atoms with Crippen LogP contribution in [0.2, 0.25) is 0 Å². The van der Waals surface area contributed by atoms with Crippen LogP contribution >= 0.6 is 0 Å². The Morgan fingerprint density at radius 2 is 1.87 bits per heavy atom. The average Bonchev–Trinajstić information content (AvgIpc) is 2.18. The molecule has 1 aliphatic carbocycles. The molecular formula is C10H20O4S. The summed E-state index contributed by atoms with van der Waals surface area (Å²) in [6.45, 7) is 2.87. The van der Waals surface area contributed by atoms with Crippen LogP contribution in [0.3, 0.4) is 0 Å². The molecule has 1 saturated carbocycles. The highest BCUT2D eigenvalue weighted by molar-refractivity contribution is 7.86. The number of ether oxygens (including phenoxy) is 1. The van der Waals surface area contributed by atoms with E-state index < -0.39 is 15.4 Å². The first kappa shape index (κ1) is 12.9. The topological polar surface area (TPSA) is 63.6 Å². The van der Waals surface area contributed by atoms with Crippen LogP contribution in [0.5, 0.6) is 0 Å². The van der Waals surface area contributed by atoms with Gasteiger partial charge in [-0.25, -0.2) is 0 Å². The van der Waals surface area contributed by atoms with Gasteiger partial charge in [0.1, 0.15) is 0 Å². The zero-order valence-corrected chi connectivity index (χ0v) is 10.0. The van der Waals surface area contributed by atoms with Crippen molar-refractivity contribution in [1.82, 2.24) is 0 Å². The summed E-state index contributed by atoms with van der Waals surface area (Å²) in [7, 11) is -3.83. The van der Waals surface area contributed by atoms with Crippen LogP contribution in [0.1, 0.15) is 45.4 Å². The summed E-state index contributed by atoms with van der Waals surface area (Å²) in [4.78, 5) is 0. The number of rotatable bonds is 5. The molecule has 1 fully saturated rings. The van der Waals surface area contributed by atoms with Gasteiger partial charge in [-0.3, -0.25) is 4.55 Å². The molecule has 0 aromatic rings. The van der Waals surface area contributed by atoms with E-state index in [0.29, 0.717) is 12.8 Å². The Balaban J connectivity index is 2.24. The van der Waals surface area contributed by atoms with Crippen molar-refractivity contribution in [1.29, 1.82) is 0 Å². The van der Waals surface area contributed by atoms with Crippen molar-refractivity contribution in [3.63, 3.8) is 0 Å². The summed E-state index contributed by atoms with van der Waals surface area (Å²) < 4.78 is 36.2. The number of hydrogen-bond acceptors (Lipinski definition) is 3. The Kier molecular flexibility index (Phi) is 5.02. The van der Waals surface area contributed by atoms with Gasteiger partial charge in [-0.1, -0.05) is 13.3 Å². The molecule has 0 unspecified atom stereocenters. The second-order valence-corrected chi connectivity index (χ2v) is 5.83. The number of hydrogen-bond donors (Lipinski definition) is 1. The van der Waals surface area contributed by atoms with Crippen molar-refractivity contribution in [2.75, 3.05) is 6.61 Å². The Labute approximate surface area is 91.8 Å². The lowest BCUT2D eigenvalue weighted by Crippen LogP contribution is -2.30. The van der Waals surface area contributed by atoms with Crippen LogP contribution in [0.4, 0.5) is 0 Å². The Hall–Kier alpha value is -0.130. The quantitative estimate of drug-likeness (QED) is 0.586. The van der Waals surface area contributed by atoms with Crippen molar-refractivity contribution in [2.45, 2.75) is 56.8 Å². The molecule has 1 aliphatic rings. The van der Waals surface area contributed by atoms with Gasteiger partial charge in [0.15, 0.2) is 0 Å². The molecule has 0 spiro atoms. The third-order valence-corrected chi connectivity index (χ3v) is 4.21. The minimum atomic E-state index is -3.83. The Morgan fingerprint density at radius 3 is 2.33 bits per heavy atom. The van der Waals surface area contributed by atoms with Gasteiger partial charge in [-0.2, -0.15) is 8.42 Å². The fourth-order valence-electron chi connectivity index (χ4n) is 1.89. The molecule has 0 radical (unpaired) electrons. The Bertz CT molecular complexity index is 265. The summed E-state index contributed by atoms with van der Waals surface area (Å²) in [6.07, 6.45) is 4.89. The van der Waals surface area contributed by atoms with E-state index in [1.165, 1.54) is 0 Å². The van der Waals surface area contributed by atoms with Crippen LogP contribution in [0.15, 0.2) is 0 Å². The van der Waals surface area contributed by atoms with E-state index in [4.69, 9.17) is 9.29 Å². The van der Waals surface area contributed by atoms with Crippen LogP contribution in [0.25, 0.3) is 0 Å². The first-order valence-electron chi connectivity index (χ1n) is 5.62. The van der Waals surface area contributed by atoms with Crippen LogP contribution < -0.4 is 0 Å². The lowest BCUT2D eigenvalue weighted by Gasteiger charge is -2.26. The van der Waals surface area contributed by atoms with Gasteiger partial charge in [0.25, 0.3) is 10.1 Å². The van der Waals surface area contributed by atoms with Crippen LogP contribution in [-0.4, -0.2) is 30.9 Å². The highest BCUT2D eigenvalue weighted by Gasteiger charge is 2.29. The molecular weight excluding hydrogens is 216 g/mol. The molecule has 0 bridgehead atoms. The van der Waals surface area contributed by atoms with E-state index in [-0.39, 0.29) is 6.10 Å². The minimum Gasteiger partial charge on any atom is -0.378 e. The predicted octanol–water partition coefficient (Wildman–Crippen LogP) is 2.00. The minimum absolute atomic E-state index is 0.189. The Morgan fingerprint density at radius 1 is 1.27 bits per heavy atom. The zero-order chi connectivity index (χ0) is 11.3. The maximum Gasteiger partial charge on any atom is 0.267 e. The SMILES string of the molecule is CCCCOC1CCC(S(=O)(=O)O)CC1. The van der Waals surface area contributed by atoms with E-state index in [1.807, 2.05) is 0 Å². The highest BCUT2D eigenvalue weighted by atomic mass is 32.2. The zero-order valence-electron chi connectivity index (χ0n) is 9.18. The van der Waals surface area contributed by atoms with Gasteiger partial charge in [0, 0.05) is 6.61 Å². The van der Waals surface area contributed by atoms with Crippen molar-refractivity contribution < 1.29 is 17.7 Å². The number of unbranched alkanes of at least 4 members (excludes halogenated alkanes) is 1. The molecule has 5 heteroatoms. The smallest absolute Gasteiger partial charge is 0.267 e. The first-order chi connectivity index (χ1) is 7.04. The molecule has 15 heavy (non-hydrogen) atoms. The first-order valence-corrected chi connectivity index (χ1v) is 7.12. The summed E-state index contributed by atoms with van der Waals surface area (Å²) in [6, 6.07) is 0. The monoisotopic (exact) mass is 236 g/mol. The molecule has 0 aromatic heterocycles. The van der Waals surface area contributed by atoms with Gasteiger partial charge in [-0.15, -0.1) is 0 Å². The molecule has 0 aromatic carbocycles. The highest BCUT2D eigenvalue weighted by Crippen LogP contribution is 2.25. The molecule has 1 rings (SSSR count). The van der Waals surface area contributed by atoms with Crippen molar-refractivity contribution in [2.24, 2.45) is 0 Å². The van der Waals surface area contributed by atoms with Gasteiger partial charge in [0.05, 0.1) is 11.4 Å². The molecule has 4 nitrogen and oxygen atoms in total. The van der Waals surface area contributed by atoms with Crippen LogP contribution in [0, 0.1) is 0 Å². The van der Waals surface area contributed by atoms with Crippen molar-refractivity contribution in [3.8, 4) is 0 Å². The molecule has 0 saturated heterocycles. The van der Waals surface area contributed by atoms with E-state index in [2.05, 4.69) is 6.92 Å². The summed E-state index contributed by atoms with van der Waals surface area (Å²) >= 11 is 0. The van der Waals surface area contributed by atoms with Crippen LogP contribution in [-0.2, 0) is 14.9 Å². The lowest BCUT2D eigenvalue weighted by atomic mass is 9.97. The van der Waals surface area contributed by atoms with Gasteiger partial charge >= 0.3 is 0 Å². The summed E-state index contributed by atoms with van der Waals surface area (Å²) in [5.41, 5.74) is 0. The second-order valence-electron chi connectivity index (χ2n) is 4.14. The fourth-order valence-corrected chi connectivity index (χ4v) is 2.76. The van der Waals surface area contributed by atoms with Crippen molar-refractivity contribution in [3.05, 3.63) is 0 Å². The summed E-state index contributed by atoms with van der Waals surface area (Å²) in [5, 5.41) is -0.566. The second kappa shape index (κ2) is 5.82. The third-order valence-electron chi connectivity index (χ3n) is 2.89. The maximum atomic E-state index is 10.9. The summed E-state index contributed by atoms with van der Waals surface area (Å²) in [5.74, 6) is 0. The molecule has 90 valence electrons.